The number of benzene rings is 1. The Labute approximate surface area is 184 Å². The van der Waals surface area contributed by atoms with Crippen molar-refractivity contribution in [1.29, 1.82) is 0 Å². The Morgan fingerprint density at radius 2 is 1.70 bits per heavy atom. The molecule has 5 nitrogen and oxygen atoms in total. The van der Waals surface area contributed by atoms with Gasteiger partial charge in [-0.2, -0.15) is 0 Å². The molecule has 0 bridgehead atoms. The number of likely N-dealkylation sites (tertiary alicyclic amines) is 2. The van der Waals surface area contributed by atoms with Gasteiger partial charge >= 0.3 is 0 Å². The van der Waals surface area contributed by atoms with E-state index in [1.807, 2.05) is 0 Å². The lowest BCUT2D eigenvalue weighted by Crippen LogP contribution is -2.47. The van der Waals surface area contributed by atoms with Crippen LogP contribution in [0, 0.1) is 19.8 Å². The van der Waals surface area contributed by atoms with E-state index in [1.54, 1.807) is 11.3 Å². The molecule has 1 aromatic heterocycles. The van der Waals surface area contributed by atoms with Crippen molar-refractivity contribution in [2.24, 2.45) is 5.92 Å². The summed E-state index contributed by atoms with van der Waals surface area (Å²) >= 11 is 1.71. The predicted molar refractivity (Wildman–Crippen MR) is 122 cm³/mol. The first-order chi connectivity index (χ1) is 14.6. The Bertz CT molecular complexity index is 835. The van der Waals surface area contributed by atoms with E-state index in [1.165, 1.54) is 11.1 Å². The van der Waals surface area contributed by atoms with Gasteiger partial charge in [0, 0.05) is 43.5 Å². The topological polar surface area (TPSA) is 48.5 Å². The van der Waals surface area contributed by atoms with Crippen molar-refractivity contribution in [3.63, 3.8) is 0 Å². The first kappa shape index (κ1) is 21.5. The molecular weight excluding hydrogens is 392 g/mol. The van der Waals surface area contributed by atoms with E-state index in [0.29, 0.717) is 6.04 Å². The molecule has 0 spiro atoms. The number of thiazole rings is 1. The molecule has 30 heavy (non-hydrogen) atoms. The SMILES string of the molecule is Cc1nc(CN2CCC(C(=O)NC3CCN(Cc4ccccc4C)CC3)CC2)cs1. The third kappa shape index (κ3) is 5.68. The van der Waals surface area contributed by atoms with Crippen molar-refractivity contribution in [2.45, 2.75) is 58.7 Å². The van der Waals surface area contributed by atoms with Crippen molar-refractivity contribution in [3.05, 3.63) is 51.5 Å². The van der Waals surface area contributed by atoms with E-state index < -0.39 is 0 Å². The Balaban J connectivity index is 1.17. The lowest BCUT2D eigenvalue weighted by Gasteiger charge is -2.35. The maximum Gasteiger partial charge on any atom is 0.223 e. The average molecular weight is 427 g/mol. The fraction of sp³-hybridized carbons (Fsp3) is 0.583. The molecule has 2 aromatic rings. The van der Waals surface area contributed by atoms with E-state index in [4.69, 9.17) is 0 Å². The van der Waals surface area contributed by atoms with E-state index in [9.17, 15) is 4.79 Å². The fourth-order valence-electron chi connectivity index (χ4n) is 4.65. The molecule has 2 aliphatic heterocycles. The summed E-state index contributed by atoms with van der Waals surface area (Å²) in [4.78, 5) is 22.3. The Hall–Kier alpha value is -1.76. The second kappa shape index (κ2) is 10.0. The maximum atomic E-state index is 12.8. The minimum atomic E-state index is 0.170. The highest BCUT2D eigenvalue weighted by Gasteiger charge is 2.28. The van der Waals surface area contributed by atoms with Crippen LogP contribution >= 0.6 is 11.3 Å². The van der Waals surface area contributed by atoms with Crippen LogP contribution in [0.25, 0.3) is 0 Å². The van der Waals surface area contributed by atoms with Gasteiger partial charge in [-0.3, -0.25) is 14.6 Å². The van der Waals surface area contributed by atoms with Crippen LogP contribution in [0.3, 0.4) is 0 Å². The zero-order chi connectivity index (χ0) is 20.9. The van der Waals surface area contributed by atoms with E-state index in [0.717, 1.165) is 75.7 Å². The highest BCUT2D eigenvalue weighted by atomic mass is 32.1. The quantitative estimate of drug-likeness (QED) is 0.764. The summed E-state index contributed by atoms with van der Waals surface area (Å²) in [7, 11) is 0. The van der Waals surface area contributed by atoms with Crippen molar-refractivity contribution in [2.75, 3.05) is 26.2 Å². The second-order valence-electron chi connectivity index (χ2n) is 8.89. The number of carbonyl (C=O) groups excluding carboxylic acids is 1. The zero-order valence-electron chi connectivity index (χ0n) is 18.3. The van der Waals surface area contributed by atoms with Crippen molar-refractivity contribution < 1.29 is 4.79 Å². The number of carbonyl (C=O) groups is 1. The summed E-state index contributed by atoms with van der Waals surface area (Å²) in [6.07, 6.45) is 4.03. The molecule has 162 valence electrons. The van der Waals surface area contributed by atoms with E-state index in [-0.39, 0.29) is 11.8 Å². The van der Waals surface area contributed by atoms with Gasteiger partial charge in [-0.05, 0) is 63.7 Å². The molecule has 2 saturated heterocycles. The molecule has 2 aliphatic rings. The molecular formula is C24H34N4OS. The first-order valence-corrected chi connectivity index (χ1v) is 12.2. The molecule has 1 aromatic carbocycles. The summed E-state index contributed by atoms with van der Waals surface area (Å²) in [5, 5.41) is 6.64. The molecule has 3 heterocycles. The number of piperidine rings is 2. The van der Waals surface area contributed by atoms with Gasteiger partial charge < -0.3 is 5.32 Å². The number of aryl methyl sites for hydroxylation is 2. The number of nitrogens with zero attached hydrogens (tertiary/aromatic N) is 3. The van der Waals surface area contributed by atoms with Gasteiger partial charge in [0.2, 0.25) is 5.91 Å². The standard InChI is InChI=1S/C24H34N4OS/c1-18-5-3-4-6-21(18)15-27-13-9-22(10-14-27)26-24(29)20-7-11-28(12-8-20)16-23-17-30-19(2)25-23/h3-6,17,20,22H,7-16H2,1-2H3,(H,26,29). The Kier molecular flexibility index (Phi) is 7.18. The van der Waals surface area contributed by atoms with Crippen molar-refractivity contribution >= 4 is 17.2 Å². The third-order valence-corrected chi connectivity index (χ3v) is 7.42. The van der Waals surface area contributed by atoms with Crippen LogP contribution < -0.4 is 5.32 Å². The van der Waals surface area contributed by atoms with Gasteiger partial charge in [0.05, 0.1) is 10.7 Å². The summed E-state index contributed by atoms with van der Waals surface area (Å²) < 4.78 is 0. The van der Waals surface area contributed by atoms with Gasteiger partial charge in [-0.15, -0.1) is 11.3 Å². The molecule has 0 saturated carbocycles. The molecule has 1 amide bonds. The van der Waals surface area contributed by atoms with Crippen LogP contribution in [-0.2, 0) is 17.9 Å². The molecule has 6 heteroatoms. The summed E-state index contributed by atoms with van der Waals surface area (Å²) in [6.45, 7) is 10.3. The van der Waals surface area contributed by atoms with Crippen LogP contribution in [0.4, 0.5) is 0 Å². The highest BCUT2D eigenvalue weighted by molar-refractivity contribution is 7.09. The normalized spacial score (nSPS) is 19.8. The number of amides is 1. The Morgan fingerprint density at radius 3 is 2.37 bits per heavy atom. The summed E-state index contributed by atoms with van der Waals surface area (Å²) in [5.41, 5.74) is 3.95. The minimum absolute atomic E-state index is 0.170. The molecule has 0 atom stereocenters. The molecule has 0 unspecified atom stereocenters. The second-order valence-corrected chi connectivity index (χ2v) is 9.96. The fourth-order valence-corrected chi connectivity index (χ4v) is 5.25. The lowest BCUT2D eigenvalue weighted by atomic mass is 9.94. The number of rotatable bonds is 6. The monoisotopic (exact) mass is 426 g/mol. The first-order valence-electron chi connectivity index (χ1n) is 11.3. The van der Waals surface area contributed by atoms with Crippen LogP contribution in [0.5, 0.6) is 0 Å². The largest absolute Gasteiger partial charge is 0.353 e. The zero-order valence-corrected chi connectivity index (χ0v) is 19.1. The molecule has 4 rings (SSSR count). The van der Waals surface area contributed by atoms with Gasteiger partial charge in [-0.25, -0.2) is 4.98 Å². The van der Waals surface area contributed by atoms with E-state index in [2.05, 4.69) is 63.6 Å². The summed E-state index contributed by atoms with van der Waals surface area (Å²) in [6, 6.07) is 8.97. The third-order valence-electron chi connectivity index (χ3n) is 6.60. The average Bonchev–Trinajstić information content (AvgIpc) is 3.16. The molecule has 2 fully saturated rings. The minimum Gasteiger partial charge on any atom is -0.353 e. The number of nitrogens with one attached hydrogen (secondary N) is 1. The lowest BCUT2D eigenvalue weighted by molar-refractivity contribution is -0.127. The van der Waals surface area contributed by atoms with Crippen LogP contribution in [0.15, 0.2) is 29.6 Å². The highest BCUT2D eigenvalue weighted by Crippen LogP contribution is 2.21. The molecule has 0 radical (unpaired) electrons. The van der Waals surface area contributed by atoms with Gasteiger partial charge in [-0.1, -0.05) is 24.3 Å². The molecule has 1 N–H and O–H groups in total. The smallest absolute Gasteiger partial charge is 0.223 e. The van der Waals surface area contributed by atoms with Crippen LogP contribution in [0.2, 0.25) is 0 Å². The maximum absolute atomic E-state index is 12.8. The van der Waals surface area contributed by atoms with E-state index >= 15 is 0 Å². The predicted octanol–water partition coefficient (Wildman–Crippen LogP) is 3.75. The Morgan fingerprint density at radius 1 is 1.03 bits per heavy atom. The van der Waals surface area contributed by atoms with Gasteiger partial charge in [0.1, 0.15) is 0 Å². The van der Waals surface area contributed by atoms with Crippen LogP contribution in [-0.4, -0.2) is 52.9 Å². The van der Waals surface area contributed by atoms with Crippen LogP contribution in [0.1, 0.15) is 47.5 Å². The number of hydrogen-bond acceptors (Lipinski definition) is 5. The molecule has 0 aliphatic carbocycles. The number of aromatic nitrogens is 1. The summed E-state index contributed by atoms with van der Waals surface area (Å²) in [5.74, 6) is 0.444. The van der Waals surface area contributed by atoms with Crippen molar-refractivity contribution in [3.8, 4) is 0 Å². The van der Waals surface area contributed by atoms with Gasteiger partial charge in [0.15, 0.2) is 0 Å². The van der Waals surface area contributed by atoms with Crippen molar-refractivity contribution in [1.82, 2.24) is 20.1 Å². The van der Waals surface area contributed by atoms with Gasteiger partial charge in [0.25, 0.3) is 0 Å². The number of hydrogen-bond donors (Lipinski definition) is 1.